The average molecular weight is 644 g/mol. The van der Waals surface area contributed by atoms with Crippen molar-refractivity contribution in [2.45, 2.75) is 111 Å². The number of allylic oxidation sites excluding steroid dienone is 1. The van der Waals surface area contributed by atoms with Crippen molar-refractivity contribution in [1.82, 2.24) is 15.1 Å². The molecule has 1 amide bonds. The van der Waals surface area contributed by atoms with Gasteiger partial charge in [-0.05, 0) is 99.4 Å². The second-order valence-electron chi connectivity index (χ2n) is 14.0. The van der Waals surface area contributed by atoms with Crippen molar-refractivity contribution in [2.75, 3.05) is 0 Å². The third-order valence-corrected chi connectivity index (χ3v) is 9.54. The Bertz CT molecular complexity index is 1630. The summed E-state index contributed by atoms with van der Waals surface area (Å²) in [7, 11) is 0. The fourth-order valence-electron chi connectivity index (χ4n) is 6.68. The van der Waals surface area contributed by atoms with Gasteiger partial charge in [-0.1, -0.05) is 54.4 Å². The molecule has 0 aromatic heterocycles. The third kappa shape index (κ3) is 7.13. The highest BCUT2D eigenvalue weighted by molar-refractivity contribution is 6.30. The first kappa shape index (κ1) is 33.6. The van der Waals surface area contributed by atoms with Gasteiger partial charge in [0.2, 0.25) is 0 Å². The van der Waals surface area contributed by atoms with Crippen LogP contribution in [-0.4, -0.2) is 45.0 Å². The van der Waals surface area contributed by atoms with Crippen LogP contribution < -0.4 is 5.32 Å². The Morgan fingerprint density at radius 2 is 1.76 bits per heavy atom. The van der Waals surface area contributed by atoms with Crippen LogP contribution >= 0.6 is 11.6 Å². The maximum absolute atomic E-state index is 13.5. The zero-order chi connectivity index (χ0) is 33.5. The van der Waals surface area contributed by atoms with Crippen LogP contribution in [0.5, 0.6) is 0 Å². The highest BCUT2D eigenvalue weighted by atomic mass is 35.5. The molecule has 2 heterocycles. The number of rotatable bonds is 7. The number of Topliss-reactive ketones (excluding diaryl/α,β-unsaturated/α-hetero) is 1. The number of amides is 1. The largest absolute Gasteiger partial charge is 0.444 e. The maximum atomic E-state index is 13.5. The molecule has 2 aliphatic heterocycles. The molecule has 2 aromatic carbocycles. The molecule has 244 valence electrons. The Labute approximate surface area is 277 Å². The number of hydrogen-bond donors (Lipinski definition) is 3. The van der Waals surface area contributed by atoms with Gasteiger partial charge in [-0.3, -0.25) is 30.7 Å². The van der Waals surface area contributed by atoms with E-state index in [-0.39, 0.29) is 41.9 Å². The van der Waals surface area contributed by atoms with Crippen molar-refractivity contribution in [3.8, 4) is 0 Å². The number of carbonyl (C=O) groups excluding carboxylic acids is 2. The highest BCUT2D eigenvalue weighted by Crippen LogP contribution is 2.43. The molecule has 0 saturated carbocycles. The number of ketones is 1. The van der Waals surface area contributed by atoms with Gasteiger partial charge in [0, 0.05) is 43.1 Å². The first-order valence-electron chi connectivity index (χ1n) is 16.1. The number of nitrogens with one attached hydrogen (secondary N) is 3. The van der Waals surface area contributed by atoms with E-state index in [1.54, 1.807) is 16.7 Å². The molecule has 0 radical (unpaired) electrons. The lowest BCUT2D eigenvalue weighted by Gasteiger charge is -2.29. The molecule has 0 bridgehead atoms. The lowest BCUT2D eigenvalue weighted by molar-refractivity contribution is -0.119. The predicted octanol–water partition coefficient (Wildman–Crippen LogP) is 8.42. The normalized spacial score (nSPS) is 20.5. The van der Waals surface area contributed by atoms with Crippen molar-refractivity contribution in [3.05, 3.63) is 92.2 Å². The van der Waals surface area contributed by atoms with Crippen LogP contribution in [0.25, 0.3) is 0 Å². The van der Waals surface area contributed by atoms with E-state index in [1.165, 1.54) is 5.57 Å². The van der Waals surface area contributed by atoms with Crippen LogP contribution in [0.3, 0.4) is 0 Å². The number of benzene rings is 2. The minimum Gasteiger partial charge on any atom is -0.444 e. The standard InChI is InChI=1S/C37H46ClN5O3/c1-21(26-9-10-27-19-42(20-28(27)17-26)36(45)46-37(5,6)7)8-15-30(44)18-31-35(40)43(24(4)39)32-16-22(2)23(3)33(32)34(41-31)25-11-13-29(38)14-12-25/h9-14,17,21,31,34,39-41H,8,15-16,18-20H2,1-7H3/t21?,31-,34?/m0/s1. The van der Waals surface area contributed by atoms with E-state index in [9.17, 15) is 15.0 Å². The second-order valence-corrected chi connectivity index (χ2v) is 14.4. The summed E-state index contributed by atoms with van der Waals surface area (Å²) in [5.41, 5.74) is 8.24. The minimum absolute atomic E-state index is 0.0781. The smallest absolute Gasteiger partial charge is 0.410 e. The van der Waals surface area contributed by atoms with Crippen LogP contribution in [0.15, 0.2) is 64.9 Å². The lowest BCUT2D eigenvalue weighted by atomic mass is 9.91. The van der Waals surface area contributed by atoms with Crippen LogP contribution in [0, 0.1) is 10.8 Å². The number of nitrogens with zero attached hydrogens (tertiary/aromatic N) is 2. The monoisotopic (exact) mass is 643 g/mol. The summed E-state index contributed by atoms with van der Waals surface area (Å²) in [4.78, 5) is 29.6. The number of hydrogen-bond acceptors (Lipinski definition) is 6. The summed E-state index contributed by atoms with van der Waals surface area (Å²) >= 11 is 6.23. The molecule has 1 aliphatic carbocycles. The molecule has 3 N–H and O–H groups in total. The van der Waals surface area contributed by atoms with E-state index in [0.29, 0.717) is 37.4 Å². The summed E-state index contributed by atoms with van der Waals surface area (Å²) in [6, 6.07) is 13.3. The van der Waals surface area contributed by atoms with Gasteiger partial charge >= 0.3 is 6.09 Å². The molecular weight excluding hydrogens is 598 g/mol. The number of carbonyl (C=O) groups is 2. The van der Waals surface area contributed by atoms with E-state index in [0.717, 1.165) is 39.1 Å². The van der Waals surface area contributed by atoms with Gasteiger partial charge in [0.05, 0.1) is 12.1 Å². The molecule has 2 unspecified atom stereocenters. The SMILES string of the molecule is CC(=N)N1C(=N)[C@H](CC(=O)CCC(C)c2ccc3c(c2)CN(C(=O)OC(C)(C)C)C3)NC(c2ccc(Cl)cc2)C2=C1CC(C)=C2C. The van der Waals surface area contributed by atoms with Gasteiger partial charge in [-0.2, -0.15) is 0 Å². The minimum atomic E-state index is -0.554. The maximum Gasteiger partial charge on any atom is 0.410 e. The summed E-state index contributed by atoms with van der Waals surface area (Å²) < 4.78 is 5.56. The summed E-state index contributed by atoms with van der Waals surface area (Å²) in [5, 5.41) is 22.1. The van der Waals surface area contributed by atoms with Crippen LogP contribution in [0.1, 0.15) is 108 Å². The number of amidine groups is 2. The lowest BCUT2D eigenvalue weighted by Crippen LogP contribution is -2.46. The van der Waals surface area contributed by atoms with E-state index in [4.69, 9.17) is 21.7 Å². The second kappa shape index (κ2) is 13.2. The molecule has 3 aliphatic rings. The number of halogens is 1. The third-order valence-electron chi connectivity index (χ3n) is 9.29. The fraction of sp³-hybridized carbons (Fsp3) is 0.459. The van der Waals surface area contributed by atoms with Gasteiger partial charge in [0.25, 0.3) is 0 Å². The zero-order valence-electron chi connectivity index (χ0n) is 28.0. The first-order chi connectivity index (χ1) is 21.6. The molecule has 0 saturated heterocycles. The van der Waals surface area contributed by atoms with Crippen molar-refractivity contribution in [1.29, 1.82) is 10.8 Å². The quantitative estimate of drug-likeness (QED) is 0.207. The Morgan fingerprint density at radius 3 is 2.41 bits per heavy atom. The first-order valence-corrected chi connectivity index (χ1v) is 16.5. The van der Waals surface area contributed by atoms with Crippen molar-refractivity contribution >= 4 is 35.1 Å². The Hall–Kier alpha value is -3.75. The molecule has 9 heteroatoms. The van der Waals surface area contributed by atoms with Gasteiger partial charge in [0.1, 0.15) is 23.1 Å². The van der Waals surface area contributed by atoms with Gasteiger partial charge in [-0.25, -0.2) is 4.79 Å². The fourth-order valence-corrected chi connectivity index (χ4v) is 6.81. The van der Waals surface area contributed by atoms with E-state index in [1.807, 2.05) is 45.0 Å². The topological polar surface area (TPSA) is 110 Å². The molecular formula is C37H46ClN5O3. The van der Waals surface area contributed by atoms with Crippen molar-refractivity contribution < 1.29 is 14.3 Å². The molecule has 3 atom stereocenters. The Kier molecular flexibility index (Phi) is 9.62. The van der Waals surface area contributed by atoms with Gasteiger partial charge < -0.3 is 4.74 Å². The molecule has 46 heavy (non-hydrogen) atoms. The number of ether oxygens (including phenoxy) is 1. The highest BCUT2D eigenvalue weighted by Gasteiger charge is 2.39. The van der Waals surface area contributed by atoms with Gasteiger partial charge in [0.15, 0.2) is 0 Å². The van der Waals surface area contributed by atoms with Crippen LogP contribution in [-0.2, 0) is 22.6 Å². The summed E-state index contributed by atoms with van der Waals surface area (Å²) in [6.07, 6.45) is 1.58. The molecule has 0 fully saturated rings. The van der Waals surface area contributed by atoms with Crippen LogP contribution in [0.4, 0.5) is 4.79 Å². The summed E-state index contributed by atoms with van der Waals surface area (Å²) in [5.74, 6) is 0.726. The van der Waals surface area contributed by atoms with Gasteiger partial charge in [-0.15, -0.1) is 0 Å². The number of fused-ring (bicyclic) bond motifs is 1. The van der Waals surface area contributed by atoms with E-state index < -0.39 is 11.6 Å². The summed E-state index contributed by atoms with van der Waals surface area (Å²) in [6.45, 7) is 14.7. The average Bonchev–Trinajstić information content (AvgIpc) is 3.50. The Balaban J connectivity index is 1.28. The molecule has 8 nitrogen and oxygen atoms in total. The zero-order valence-corrected chi connectivity index (χ0v) is 28.8. The van der Waals surface area contributed by atoms with Crippen LogP contribution in [0.2, 0.25) is 5.02 Å². The van der Waals surface area contributed by atoms with Crippen molar-refractivity contribution in [2.24, 2.45) is 0 Å². The molecule has 0 spiro atoms. The molecule has 2 aromatic rings. The van der Waals surface area contributed by atoms with Crippen molar-refractivity contribution in [3.63, 3.8) is 0 Å². The molecule has 5 rings (SSSR count). The van der Waals surface area contributed by atoms with E-state index >= 15 is 0 Å². The predicted molar refractivity (Wildman–Crippen MR) is 183 cm³/mol. The Morgan fingerprint density at radius 1 is 1.09 bits per heavy atom. The van der Waals surface area contributed by atoms with E-state index in [2.05, 4.69) is 44.3 Å².